The van der Waals surface area contributed by atoms with Crippen molar-refractivity contribution in [1.82, 2.24) is 10.2 Å². The van der Waals surface area contributed by atoms with Crippen molar-refractivity contribution < 1.29 is 4.79 Å². The van der Waals surface area contributed by atoms with Gasteiger partial charge in [-0.1, -0.05) is 23.2 Å². The van der Waals surface area contributed by atoms with Crippen LogP contribution in [0.25, 0.3) is 0 Å². The third-order valence-electron chi connectivity index (χ3n) is 1.55. The minimum Gasteiger partial charge on any atom is -0.338 e. The molecule has 0 N–H and O–H groups in total. The first-order valence-corrected chi connectivity index (χ1v) is 4.29. The van der Waals surface area contributed by atoms with Gasteiger partial charge in [0.2, 0.25) is 0 Å². The summed E-state index contributed by atoms with van der Waals surface area (Å²) in [6.07, 6.45) is 0. The average Bonchev–Trinajstić information content (AvgIpc) is 2.05. The Bertz CT molecular complexity index is 146. The van der Waals surface area contributed by atoms with Gasteiger partial charge in [-0.3, -0.25) is 4.79 Å². The number of alkyl halides is 2. The second kappa shape index (κ2) is 4.14. The minimum absolute atomic E-state index is 0.205. The number of piperazine rings is 1. The second-order valence-electron chi connectivity index (χ2n) is 2.30. The highest BCUT2D eigenvalue weighted by Crippen LogP contribution is 2.07. The standard InChI is InChI=1S/C6H9Cl2N2O/c7-5(8)6(11)10-3-1-9-2-4-10/h5H,1-4H2. The number of carbonyl (C=O) groups excluding carboxylic acids is 1. The molecule has 0 spiro atoms. The van der Waals surface area contributed by atoms with Crippen LogP contribution in [0.5, 0.6) is 0 Å². The smallest absolute Gasteiger partial charge is 0.255 e. The number of nitrogens with zero attached hydrogens (tertiary/aromatic N) is 2. The van der Waals surface area contributed by atoms with Gasteiger partial charge >= 0.3 is 0 Å². The quantitative estimate of drug-likeness (QED) is 0.553. The van der Waals surface area contributed by atoms with E-state index in [0.717, 1.165) is 0 Å². The molecule has 1 saturated heterocycles. The maximum absolute atomic E-state index is 11.1. The third-order valence-corrected chi connectivity index (χ3v) is 1.93. The lowest BCUT2D eigenvalue weighted by Gasteiger charge is -2.26. The molecule has 0 unspecified atom stereocenters. The van der Waals surface area contributed by atoms with E-state index in [4.69, 9.17) is 23.2 Å². The Morgan fingerprint density at radius 2 is 1.91 bits per heavy atom. The van der Waals surface area contributed by atoms with E-state index >= 15 is 0 Å². The van der Waals surface area contributed by atoms with Gasteiger partial charge < -0.3 is 4.90 Å². The molecule has 0 saturated carbocycles. The van der Waals surface area contributed by atoms with E-state index in [2.05, 4.69) is 5.32 Å². The lowest BCUT2D eigenvalue weighted by Crippen LogP contribution is -2.45. The molecule has 1 radical (unpaired) electrons. The Morgan fingerprint density at radius 1 is 1.36 bits per heavy atom. The highest BCUT2D eigenvalue weighted by molar-refractivity contribution is 6.53. The first kappa shape index (κ1) is 9.10. The molecule has 0 aromatic rings. The van der Waals surface area contributed by atoms with Crippen LogP contribution in [0.1, 0.15) is 0 Å². The fraction of sp³-hybridized carbons (Fsp3) is 0.833. The van der Waals surface area contributed by atoms with Gasteiger partial charge in [-0.2, -0.15) is 0 Å². The number of hydrogen-bond acceptors (Lipinski definition) is 1. The molecule has 1 rings (SSSR count). The SMILES string of the molecule is O=C(C(Cl)Cl)N1CC[N]CC1. The van der Waals surface area contributed by atoms with Gasteiger partial charge in [0.15, 0.2) is 4.84 Å². The largest absolute Gasteiger partial charge is 0.338 e. The molecule has 0 aromatic carbocycles. The summed E-state index contributed by atoms with van der Waals surface area (Å²) in [4.78, 5) is 11.8. The van der Waals surface area contributed by atoms with E-state index in [1.54, 1.807) is 4.90 Å². The monoisotopic (exact) mass is 195 g/mol. The molecule has 63 valence electrons. The predicted octanol–water partition coefficient (Wildman–Crippen LogP) is 0.237. The molecular weight excluding hydrogens is 187 g/mol. The molecule has 0 aliphatic carbocycles. The van der Waals surface area contributed by atoms with Crippen molar-refractivity contribution >= 4 is 29.1 Å². The Hall–Kier alpha value is 0.01000. The van der Waals surface area contributed by atoms with Crippen molar-refractivity contribution in [3.8, 4) is 0 Å². The summed E-state index contributed by atoms with van der Waals surface area (Å²) in [5.41, 5.74) is 0. The van der Waals surface area contributed by atoms with E-state index in [9.17, 15) is 4.79 Å². The molecule has 0 atom stereocenters. The van der Waals surface area contributed by atoms with Crippen molar-refractivity contribution in [2.75, 3.05) is 26.2 Å². The molecule has 11 heavy (non-hydrogen) atoms. The van der Waals surface area contributed by atoms with Crippen molar-refractivity contribution in [3.63, 3.8) is 0 Å². The molecule has 1 fully saturated rings. The summed E-state index contributed by atoms with van der Waals surface area (Å²) >= 11 is 10.8. The molecule has 1 heterocycles. The Balaban J connectivity index is 2.39. The molecule has 3 nitrogen and oxygen atoms in total. The van der Waals surface area contributed by atoms with Crippen LogP contribution in [-0.2, 0) is 4.79 Å². The highest BCUT2D eigenvalue weighted by atomic mass is 35.5. The third kappa shape index (κ3) is 2.51. The fourth-order valence-corrected chi connectivity index (χ4v) is 1.24. The number of amides is 1. The van der Waals surface area contributed by atoms with Gasteiger partial charge in [0.1, 0.15) is 0 Å². The first-order chi connectivity index (χ1) is 5.22. The van der Waals surface area contributed by atoms with E-state index in [0.29, 0.717) is 26.2 Å². The maximum atomic E-state index is 11.1. The van der Waals surface area contributed by atoms with Crippen LogP contribution in [0.3, 0.4) is 0 Å². The molecule has 5 heteroatoms. The van der Waals surface area contributed by atoms with Gasteiger partial charge in [-0.05, 0) is 0 Å². The predicted molar refractivity (Wildman–Crippen MR) is 43.9 cm³/mol. The lowest BCUT2D eigenvalue weighted by molar-refractivity contribution is -0.129. The van der Waals surface area contributed by atoms with Gasteiger partial charge in [0, 0.05) is 26.2 Å². The summed E-state index contributed by atoms with van der Waals surface area (Å²) in [7, 11) is 0. The maximum Gasteiger partial charge on any atom is 0.255 e. The summed E-state index contributed by atoms with van der Waals surface area (Å²) in [6.45, 7) is 2.70. The van der Waals surface area contributed by atoms with Crippen molar-refractivity contribution in [2.45, 2.75) is 4.84 Å². The molecule has 1 amide bonds. The van der Waals surface area contributed by atoms with Crippen LogP contribution >= 0.6 is 23.2 Å². The molecular formula is C6H9Cl2N2O. The van der Waals surface area contributed by atoms with Gasteiger partial charge in [-0.15, -0.1) is 0 Å². The number of carbonyl (C=O) groups is 1. The molecule has 1 aliphatic rings. The fourth-order valence-electron chi connectivity index (χ4n) is 0.965. The zero-order chi connectivity index (χ0) is 8.27. The topological polar surface area (TPSA) is 34.4 Å². The van der Waals surface area contributed by atoms with Crippen LogP contribution < -0.4 is 5.32 Å². The van der Waals surface area contributed by atoms with Gasteiger partial charge in [0.25, 0.3) is 5.91 Å². The molecule has 0 aromatic heterocycles. The summed E-state index contributed by atoms with van der Waals surface area (Å²) in [6, 6.07) is 0. The Labute approximate surface area is 75.6 Å². The van der Waals surface area contributed by atoms with Crippen LogP contribution in [0.4, 0.5) is 0 Å². The molecule has 0 bridgehead atoms. The second-order valence-corrected chi connectivity index (χ2v) is 3.39. The summed E-state index contributed by atoms with van der Waals surface area (Å²) in [5, 5.41) is 4.09. The van der Waals surface area contributed by atoms with Crippen molar-refractivity contribution in [2.24, 2.45) is 0 Å². The highest BCUT2D eigenvalue weighted by Gasteiger charge is 2.21. The van der Waals surface area contributed by atoms with Crippen LogP contribution in [0.15, 0.2) is 0 Å². The number of hydrogen-bond donors (Lipinski definition) is 0. The van der Waals surface area contributed by atoms with Crippen molar-refractivity contribution in [1.29, 1.82) is 0 Å². The Morgan fingerprint density at radius 3 is 2.36 bits per heavy atom. The minimum atomic E-state index is -0.923. The number of halogens is 2. The van der Waals surface area contributed by atoms with Gasteiger partial charge in [-0.25, -0.2) is 5.32 Å². The van der Waals surface area contributed by atoms with E-state index in [-0.39, 0.29) is 5.91 Å². The van der Waals surface area contributed by atoms with Crippen LogP contribution in [-0.4, -0.2) is 41.8 Å². The summed E-state index contributed by atoms with van der Waals surface area (Å²) < 4.78 is 0. The zero-order valence-corrected chi connectivity index (χ0v) is 7.48. The summed E-state index contributed by atoms with van der Waals surface area (Å²) in [5.74, 6) is -0.205. The Kier molecular flexibility index (Phi) is 3.43. The molecule has 1 aliphatic heterocycles. The lowest BCUT2D eigenvalue weighted by atomic mass is 10.3. The number of rotatable bonds is 1. The normalized spacial score (nSPS) is 19.0. The average molecular weight is 196 g/mol. The van der Waals surface area contributed by atoms with E-state index < -0.39 is 4.84 Å². The van der Waals surface area contributed by atoms with Gasteiger partial charge in [0.05, 0.1) is 0 Å². The van der Waals surface area contributed by atoms with Crippen molar-refractivity contribution in [3.05, 3.63) is 0 Å². The first-order valence-electron chi connectivity index (χ1n) is 3.42. The van der Waals surface area contributed by atoms with E-state index in [1.807, 2.05) is 0 Å². The van der Waals surface area contributed by atoms with E-state index in [1.165, 1.54) is 0 Å². The van der Waals surface area contributed by atoms with Crippen LogP contribution in [0.2, 0.25) is 0 Å². The zero-order valence-electron chi connectivity index (χ0n) is 5.96. The van der Waals surface area contributed by atoms with Crippen LogP contribution in [0, 0.1) is 0 Å².